The van der Waals surface area contributed by atoms with Gasteiger partial charge in [0.15, 0.2) is 0 Å². The number of sulfonamides is 1. The van der Waals surface area contributed by atoms with Gasteiger partial charge in [-0.15, -0.1) is 4.83 Å². The maximum Gasteiger partial charge on any atom is 0.422 e. The first-order chi connectivity index (χ1) is 6.37. The molecule has 0 rings (SSSR count). The van der Waals surface area contributed by atoms with E-state index in [0.29, 0.717) is 11.4 Å². The molecule has 0 aromatic heterocycles. The minimum Gasteiger partial charge on any atom is -0.464 e. The monoisotopic (exact) mass is 224 g/mol. The van der Waals surface area contributed by atoms with E-state index in [2.05, 4.69) is 0 Å². The molecule has 0 unspecified atom stereocenters. The van der Waals surface area contributed by atoms with E-state index in [-0.39, 0.29) is 6.54 Å². The van der Waals surface area contributed by atoms with Gasteiger partial charge < -0.3 is 5.11 Å². The summed E-state index contributed by atoms with van der Waals surface area (Å²) in [7, 11) is -3.51. The van der Waals surface area contributed by atoms with Crippen molar-refractivity contribution in [1.29, 1.82) is 0 Å². The fraction of sp³-hybridized carbons (Fsp3) is 0.857. The van der Waals surface area contributed by atoms with Crippen molar-refractivity contribution in [2.24, 2.45) is 0 Å². The van der Waals surface area contributed by atoms with Crippen LogP contribution in [0.4, 0.5) is 4.79 Å². The second-order valence-electron chi connectivity index (χ2n) is 3.00. The predicted molar refractivity (Wildman–Crippen MR) is 52.2 cm³/mol. The van der Waals surface area contributed by atoms with Crippen molar-refractivity contribution in [3.8, 4) is 0 Å². The molecule has 0 saturated carbocycles. The number of carbonyl (C=O) groups is 1. The Bertz CT molecular complexity index is 275. The number of amides is 1. The summed E-state index contributed by atoms with van der Waals surface area (Å²) < 4.78 is 21.5. The van der Waals surface area contributed by atoms with Crippen molar-refractivity contribution in [2.75, 3.05) is 12.8 Å². The van der Waals surface area contributed by atoms with E-state index in [9.17, 15) is 13.2 Å². The standard InChI is InChI=1S/C7H16N2O4S/c1-3-4-5-6-9(7(10)11)8-14(2,12)13/h8H,3-6H2,1-2H3,(H,10,11). The third-order valence-electron chi connectivity index (χ3n) is 1.49. The lowest BCUT2D eigenvalue weighted by atomic mass is 10.2. The van der Waals surface area contributed by atoms with Gasteiger partial charge in [-0.05, 0) is 6.42 Å². The van der Waals surface area contributed by atoms with E-state index >= 15 is 0 Å². The molecule has 2 N–H and O–H groups in total. The summed E-state index contributed by atoms with van der Waals surface area (Å²) in [4.78, 5) is 12.5. The van der Waals surface area contributed by atoms with Gasteiger partial charge in [0.1, 0.15) is 0 Å². The average molecular weight is 224 g/mol. The van der Waals surface area contributed by atoms with E-state index in [4.69, 9.17) is 5.11 Å². The first-order valence-electron chi connectivity index (χ1n) is 4.34. The van der Waals surface area contributed by atoms with Gasteiger partial charge in [0, 0.05) is 6.54 Å². The van der Waals surface area contributed by atoms with Gasteiger partial charge in [-0.2, -0.15) is 0 Å². The van der Waals surface area contributed by atoms with Crippen molar-refractivity contribution >= 4 is 16.1 Å². The molecule has 0 radical (unpaired) electrons. The molecule has 0 aromatic rings. The van der Waals surface area contributed by atoms with Crippen LogP contribution in [0.5, 0.6) is 0 Å². The van der Waals surface area contributed by atoms with Gasteiger partial charge in [-0.1, -0.05) is 19.8 Å². The molecule has 14 heavy (non-hydrogen) atoms. The van der Waals surface area contributed by atoms with Gasteiger partial charge in [0.05, 0.1) is 6.26 Å². The van der Waals surface area contributed by atoms with Gasteiger partial charge in [0.2, 0.25) is 10.0 Å². The van der Waals surface area contributed by atoms with Gasteiger partial charge >= 0.3 is 6.09 Å². The van der Waals surface area contributed by atoms with Crippen molar-refractivity contribution in [1.82, 2.24) is 9.84 Å². The summed E-state index contributed by atoms with van der Waals surface area (Å²) in [5, 5.41) is 9.32. The Labute approximate surface area is 83.9 Å². The van der Waals surface area contributed by atoms with Crippen LogP contribution < -0.4 is 4.83 Å². The minimum atomic E-state index is -3.51. The highest BCUT2D eigenvalue weighted by Crippen LogP contribution is 1.97. The first kappa shape index (κ1) is 13.2. The number of rotatable bonds is 6. The molecule has 0 saturated heterocycles. The maximum atomic E-state index is 10.8. The molecule has 1 amide bonds. The van der Waals surface area contributed by atoms with E-state index < -0.39 is 16.1 Å². The van der Waals surface area contributed by atoms with Gasteiger partial charge in [0.25, 0.3) is 0 Å². The summed E-state index contributed by atoms with van der Waals surface area (Å²) in [5.74, 6) is 0. The summed E-state index contributed by atoms with van der Waals surface area (Å²) in [5.41, 5.74) is 0. The lowest BCUT2D eigenvalue weighted by Gasteiger charge is -2.18. The Hall–Kier alpha value is -0.820. The van der Waals surface area contributed by atoms with Gasteiger partial charge in [-0.25, -0.2) is 18.2 Å². The maximum absolute atomic E-state index is 10.8. The van der Waals surface area contributed by atoms with Crippen molar-refractivity contribution < 1.29 is 18.3 Å². The quantitative estimate of drug-likeness (QED) is 0.511. The fourth-order valence-corrected chi connectivity index (χ4v) is 1.47. The Morgan fingerprint density at radius 3 is 2.36 bits per heavy atom. The van der Waals surface area contributed by atoms with Crippen LogP contribution in [0.15, 0.2) is 0 Å². The van der Waals surface area contributed by atoms with E-state index in [1.165, 1.54) is 0 Å². The molecule has 0 aliphatic carbocycles. The summed E-state index contributed by atoms with van der Waals surface area (Å²) in [6.45, 7) is 2.16. The smallest absolute Gasteiger partial charge is 0.422 e. The number of unbranched alkanes of at least 4 members (excludes halogenated alkanes) is 2. The second-order valence-corrected chi connectivity index (χ2v) is 4.73. The van der Waals surface area contributed by atoms with Crippen LogP contribution in [0.2, 0.25) is 0 Å². The van der Waals surface area contributed by atoms with Crippen molar-refractivity contribution in [3.05, 3.63) is 0 Å². The second kappa shape index (κ2) is 5.82. The molecule has 84 valence electrons. The lowest BCUT2D eigenvalue weighted by molar-refractivity contribution is 0.135. The molecule has 0 aliphatic rings. The normalized spacial score (nSPS) is 11.3. The topological polar surface area (TPSA) is 86.7 Å². The molecular formula is C7H16N2O4S. The van der Waals surface area contributed by atoms with E-state index in [1.807, 2.05) is 11.8 Å². The third-order valence-corrected chi connectivity index (χ3v) is 2.04. The number of nitrogens with one attached hydrogen (secondary N) is 1. The summed E-state index contributed by atoms with van der Waals surface area (Å²) in [6, 6.07) is 0. The molecular weight excluding hydrogens is 208 g/mol. The molecule has 0 aromatic carbocycles. The lowest BCUT2D eigenvalue weighted by Crippen LogP contribution is -2.45. The van der Waals surface area contributed by atoms with Crippen LogP contribution in [-0.4, -0.2) is 37.4 Å². The highest BCUT2D eigenvalue weighted by Gasteiger charge is 2.15. The zero-order chi connectivity index (χ0) is 11.2. The summed E-state index contributed by atoms with van der Waals surface area (Å²) >= 11 is 0. The largest absolute Gasteiger partial charge is 0.464 e. The molecule has 0 aliphatic heterocycles. The number of hydrogen-bond donors (Lipinski definition) is 2. The number of carboxylic acid groups (broad SMARTS) is 1. The molecule has 0 atom stereocenters. The summed E-state index contributed by atoms with van der Waals surface area (Å²) in [6.07, 6.45) is 2.10. The first-order valence-corrected chi connectivity index (χ1v) is 6.24. The van der Waals surface area contributed by atoms with E-state index in [0.717, 1.165) is 19.1 Å². The Balaban J connectivity index is 4.11. The highest BCUT2D eigenvalue weighted by molar-refractivity contribution is 7.88. The molecule has 0 fully saturated rings. The van der Waals surface area contributed by atoms with Crippen LogP contribution >= 0.6 is 0 Å². The Kier molecular flexibility index (Phi) is 5.47. The highest BCUT2D eigenvalue weighted by atomic mass is 32.2. The molecule has 0 heterocycles. The third kappa shape index (κ3) is 6.67. The SMILES string of the molecule is CCCCCN(NS(C)(=O)=O)C(=O)O. The fourth-order valence-electron chi connectivity index (χ4n) is 0.900. The molecule has 6 nitrogen and oxygen atoms in total. The number of nitrogens with zero attached hydrogens (tertiary/aromatic N) is 1. The van der Waals surface area contributed by atoms with E-state index in [1.54, 1.807) is 0 Å². The molecule has 0 bridgehead atoms. The van der Waals surface area contributed by atoms with Gasteiger partial charge in [-0.3, -0.25) is 0 Å². The average Bonchev–Trinajstić information content (AvgIpc) is 2.00. The van der Waals surface area contributed by atoms with Crippen LogP contribution in [-0.2, 0) is 10.0 Å². The number of hydrogen-bond acceptors (Lipinski definition) is 3. The molecule has 0 spiro atoms. The van der Waals surface area contributed by atoms with Crippen LogP contribution in [0.25, 0.3) is 0 Å². The zero-order valence-corrected chi connectivity index (χ0v) is 9.17. The number of hydrazine groups is 1. The van der Waals surface area contributed by atoms with Crippen molar-refractivity contribution in [2.45, 2.75) is 26.2 Å². The van der Waals surface area contributed by atoms with Crippen LogP contribution in [0.3, 0.4) is 0 Å². The molecule has 7 heteroatoms. The zero-order valence-electron chi connectivity index (χ0n) is 8.36. The Morgan fingerprint density at radius 1 is 1.43 bits per heavy atom. The minimum absolute atomic E-state index is 0.177. The van der Waals surface area contributed by atoms with Crippen molar-refractivity contribution in [3.63, 3.8) is 0 Å². The Morgan fingerprint density at radius 2 is 2.00 bits per heavy atom. The van der Waals surface area contributed by atoms with Crippen LogP contribution in [0.1, 0.15) is 26.2 Å². The predicted octanol–water partition coefficient (Wildman–Crippen LogP) is 0.621. The van der Waals surface area contributed by atoms with Crippen LogP contribution in [0, 0.1) is 0 Å².